The standard InChI is InChI=1S/C18H16Br2N2O5/c19-14-9-5-10(15(14)20)13-12(9)16(24)22(17(13)25)6-11(23)21-8-3-1-7(2-4-8)18(26)27/h1-4,9-10,12-15H,5-6H2,(H,21,23)(H,26,27)/t9-,10+,12+,13-,14+,15-. The molecule has 2 bridgehead atoms. The second-order valence-corrected chi connectivity index (χ2v) is 9.31. The molecule has 0 spiro atoms. The van der Waals surface area contributed by atoms with Crippen LogP contribution < -0.4 is 5.32 Å². The Kier molecular flexibility index (Phi) is 4.62. The summed E-state index contributed by atoms with van der Waals surface area (Å²) in [5.74, 6) is -2.55. The summed E-state index contributed by atoms with van der Waals surface area (Å²) in [4.78, 5) is 50.1. The van der Waals surface area contributed by atoms with Crippen LogP contribution in [0, 0.1) is 23.7 Å². The summed E-state index contributed by atoms with van der Waals surface area (Å²) in [5, 5.41) is 11.5. The summed E-state index contributed by atoms with van der Waals surface area (Å²) in [6, 6.07) is 5.68. The highest BCUT2D eigenvalue weighted by atomic mass is 79.9. The van der Waals surface area contributed by atoms with E-state index in [0.717, 1.165) is 11.3 Å². The van der Waals surface area contributed by atoms with E-state index in [2.05, 4.69) is 37.2 Å². The predicted octanol–water partition coefficient (Wildman–Crippen LogP) is 2.10. The highest BCUT2D eigenvalue weighted by molar-refractivity contribution is 9.12. The number of hydrogen-bond acceptors (Lipinski definition) is 4. The first-order valence-electron chi connectivity index (χ1n) is 8.56. The molecule has 1 aromatic carbocycles. The van der Waals surface area contributed by atoms with Crippen LogP contribution in [-0.2, 0) is 14.4 Å². The molecule has 2 aliphatic carbocycles. The van der Waals surface area contributed by atoms with Crippen molar-refractivity contribution in [2.75, 3.05) is 11.9 Å². The summed E-state index contributed by atoms with van der Waals surface area (Å²) in [6.45, 7) is -0.329. The second kappa shape index (κ2) is 6.70. The van der Waals surface area contributed by atoms with Gasteiger partial charge in [-0.2, -0.15) is 0 Å². The molecule has 1 aromatic rings. The molecule has 4 rings (SSSR count). The van der Waals surface area contributed by atoms with E-state index in [0.29, 0.717) is 5.69 Å². The van der Waals surface area contributed by atoms with Crippen LogP contribution in [-0.4, -0.2) is 49.9 Å². The van der Waals surface area contributed by atoms with Crippen molar-refractivity contribution >= 4 is 61.2 Å². The molecular formula is C18H16Br2N2O5. The molecule has 0 aromatic heterocycles. The fourth-order valence-corrected chi connectivity index (χ4v) is 6.48. The molecule has 3 fully saturated rings. The number of anilines is 1. The van der Waals surface area contributed by atoms with Crippen molar-refractivity contribution in [3.8, 4) is 0 Å². The number of carboxylic acids is 1. The molecular weight excluding hydrogens is 484 g/mol. The molecule has 0 radical (unpaired) electrons. The van der Waals surface area contributed by atoms with Gasteiger partial charge in [-0.05, 0) is 42.5 Å². The third-order valence-corrected chi connectivity index (χ3v) is 9.00. The normalized spacial score (nSPS) is 34.1. The van der Waals surface area contributed by atoms with Crippen LogP contribution in [0.15, 0.2) is 24.3 Å². The molecule has 7 nitrogen and oxygen atoms in total. The quantitative estimate of drug-likeness (QED) is 0.487. The Hall–Kier alpha value is -1.74. The van der Waals surface area contributed by atoms with Gasteiger partial charge in [-0.15, -0.1) is 0 Å². The zero-order valence-corrected chi connectivity index (χ0v) is 17.1. The van der Waals surface area contributed by atoms with E-state index in [-0.39, 0.29) is 57.2 Å². The number of alkyl halides is 2. The molecule has 0 unspecified atom stereocenters. The van der Waals surface area contributed by atoms with E-state index in [1.165, 1.54) is 24.3 Å². The van der Waals surface area contributed by atoms with Gasteiger partial charge in [0, 0.05) is 15.3 Å². The molecule has 3 amide bonds. The minimum absolute atomic E-state index is 0.106. The number of rotatable bonds is 4. The topological polar surface area (TPSA) is 104 Å². The van der Waals surface area contributed by atoms with E-state index in [1.54, 1.807) is 0 Å². The van der Waals surface area contributed by atoms with E-state index in [1.807, 2.05) is 0 Å². The van der Waals surface area contributed by atoms with Crippen molar-refractivity contribution < 1.29 is 24.3 Å². The fourth-order valence-electron chi connectivity index (χ4n) is 4.61. The molecule has 3 aliphatic rings. The predicted molar refractivity (Wildman–Crippen MR) is 103 cm³/mol. The number of halogens is 2. The fraction of sp³-hybridized carbons (Fsp3) is 0.444. The molecule has 6 atom stereocenters. The van der Waals surface area contributed by atoms with Crippen molar-refractivity contribution in [2.24, 2.45) is 23.7 Å². The highest BCUT2D eigenvalue weighted by Crippen LogP contribution is 2.60. The van der Waals surface area contributed by atoms with Crippen molar-refractivity contribution in [3.05, 3.63) is 29.8 Å². The third-order valence-electron chi connectivity index (χ3n) is 5.80. The van der Waals surface area contributed by atoms with Crippen molar-refractivity contribution in [3.63, 3.8) is 0 Å². The smallest absolute Gasteiger partial charge is 0.335 e. The maximum absolute atomic E-state index is 12.8. The molecule has 1 heterocycles. The zero-order chi connectivity index (χ0) is 19.5. The number of benzene rings is 1. The number of nitrogens with zero attached hydrogens (tertiary/aromatic N) is 1. The van der Waals surface area contributed by atoms with Gasteiger partial charge in [-0.25, -0.2) is 4.79 Å². The van der Waals surface area contributed by atoms with Crippen molar-refractivity contribution in [1.82, 2.24) is 4.90 Å². The average molecular weight is 500 g/mol. The van der Waals surface area contributed by atoms with Crippen LogP contribution in [0.1, 0.15) is 16.8 Å². The number of carbonyl (C=O) groups is 4. The Labute approximate surface area is 171 Å². The molecule has 142 valence electrons. The molecule has 2 N–H and O–H groups in total. The number of likely N-dealkylation sites (tertiary alicyclic amines) is 1. The maximum Gasteiger partial charge on any atom is 0.335 e. The number of carboxylic acid groups (broad SMARTS) is 1. The largest absolute Gasteiger partial charge is 0.478 e. The number of carbonyl (C=O) groups excluding carboxylic acids is 3. The lowest BCUT2D eigenvalue weighted by atomic mass is 9.81. The summed E-state index contributed by atoms with van der Waals surface area (Å²) >= 11 is 7.25. The summed E-state index contributed by atoms with van der Waals surface area (Å²) in [5.41, 5.74) is 0.514. The Morgan fingerprint density at radius 3 is 2.04 bits per heavy atom. The van der Waals surface area contributed by atoms with Crippen LogP contribution >= 0.6 is 31.9 Å². The molecule has 1 saturated heterocycles. The lowest BCUT2D eigenvalue weighted by molar-refractivity contribution is -0.143. The number of nitrogens with one attached hydrogen (secondary N) is 1. The Morgan fingerprint density at radius 1 is 1.04 bits per heavy atom. The highest BCUT2D eigenvalue weighted by Gasteiger charge is 2.66. The van der Waals surface area contributed by atoms with Gasteiger partial charge in [-0.1, -0.05) is 31.9 Å². The number of fused-ring (bicyclic) bond motifs is 5. The molecule has 9 heteroatoms. The average Bonchev–Trinajstić information content (AvgIpc) is 3.23. The summed E-state index contributed by atoms with van der Waals surface area (Å²) < 4.78 is 0. The second-order valence-electron chi connectivity index (χ2n) is 7.20. The van der Waals surface area contributed by atoms with E-state index < -0.39 is 11.9 Å². The first-order chi connectivity index (χ1) is 12.8. The summed E-state index contributed by atoms with van der Waals surface area (Å²) in [6.07, 6.45) is 0.842. The lowest BCUT2D eigenvalue weighted by Crippen LogP contribution is -2.39. The van der Waals surface area contributed by atoms with Crippen LogP contribution in [0.3, 0.4) is 0 Å². The number of imide groups is 1. The van der Waals surface area contributed by atoms with Crippen LogP contribution in [0.4, 0.5) is 5.69 Å². The van der Waals surface area contributed by atoms with Crippen molar-refractivity contribution in [1.29, 1.82) is 0 Å². The van der Waals surface area contributed by atoms with Gasteiger partial charge in [0.25, 0.3) is 0 Å². The Morgan fingerprint density at radius 2 is 1.56 bits per heavy atom. The number of amides is 3. The van der Waals surface area contributed by atoms with Gasteiger partial charge in [0.05, 0.1) is 17.4 Å². The van der Waals surface area contributed by atoms with Gasteiger partial charge in [0.15, 0.2) is 0 Å². The van der Waals surface area contributed by atoms with Crippen LogP contribution in [0.25, 0.3) is 0 Å². The van der Waals surface area contributed by atoms with Gasteiger partial charge < -0.3 is 10.4 Å². The Balaban J connectivity index is 1.44. The maximum atomic E-state index is 12.8. The SMILES string of the molecule is O=C(CN1C(=O)[C@@H]2[C@@H]3C[C@@H]([C@H](Br)[C@@H]3Br)[C@@H]2C1=O)Nc1ccc(C(=O)O)cc1. The van der Waals surface area contributed by atoms with Gasteiger partial charge >= 0.3 is 5.97 Å². The zero-order valence-electron chi connectivity index (χ0n) is 14.0. The number of aromatic carboxylic acids is 1. The molecule has 1 aliphatic heterocycles. The number of hydrogen-bond donors (Lipinski definition) is 2. The van der Waals surface area contributed by atoms with Crippen LogP contribution in [0.5, 0.6) is 0 Å². The van der Waals surface area contributed by atoms with Crippen LogP contribution in [0.2, 0.25) is 0 Å². The first-order valence-corrected chi connectivity index (χ1v) is 10.4. The van der Waals surface area contributed by atoms with Gasteiger partial charge in [-0.3, -0.25) is 19.3 Å². The van der Waals surface area contributed by atoms with Crippen molar-refractivity contribution in [2.45, 2.75) is 16.1 Å². The molecule has 2 saturated carbocycles. The van der Waals surface area contributed by atoms with Gasteiger partial charge in [0.1, 0.15) is 6.54 Å². The Bertz CT molecular complexity index is 811. The molecule has 27 heavy (non-hydrogen) atoms. The van der Waals surface area contributed by atoms with Gasteiger partial charge in [0.2, 0.25) is 17.7 Å². The lowest BCUT2D eigenvalue weighted by Gasteiger charge is -2.28. The van der Waals surface area contributed by atoms with E-state index in [9.17, 15) is 19.2 Å². The third kappa shape index (κ3) is 2.91. The van der Waals surface area contributed by atoms with E-state index >= 15 is 0 Å². The first kappa shape index (κ1) is 18.6. The minimum Gasteiger partial charge on any atom is -0.478 e. The van der Waals surface area contributed by atoms with E-state index in [4.69, 9.17) is 5.11 Å². The monoisotopic (exact) mass is 498 g/mol. The minimum atomic E-state index is -1.06. The summed E-state index contributed by atoms with van der Waals surface area (Å²) in [7, 11) is 0.